The van der Waals surface area contributed by atoms with E-state index in [0.29, 0.717) is 31.1 Å². The molecule has 0 saturated carbocycles. The topological polar surface area (TPSA) is 117 Å². The second kappa shape index (κ2) is 11.1. The number of anilines is 4. The predicted molar refractivity (Wildman–Crippen MR) is 146 cm³/mol. The number of carbonyl (C=O) groups is 1. The molecular formula is C27H32N6O4S. The highest BCUT2D eigenvalue weighted by atomic mass is 32.2. The van der Waals surface area contributed by atoms with Crippen LogP contribution in [0.4, 0.5) is 23.0 Å². The Bertz CT molecular complexity index is 1380. The lowest BCUT2D eigenvalue weighted by Crippen LogP contribution is -2.56. The lowest BCUT2D eigenvalue weighted by atomic mass is 10.0. The molecule has 11 heteroatoms. The number of likely N-dealkylation sites (N-methyl/N-ethyl adjacent to an activating group) is 1. The number of rotatable bonds is 8. The number of fused-ring (bicyclic) bond motifs is 1. The van der Waals surface area contributed by atoms with Crippen LogP contribution in [0.5, 0.6) is 0 Å². The summed E-state index contributed by atoms with van der Waals surface area (Å²) in [5, 5.41) is 3.27. The van der Waals surface area contributed by atoms with Crippen molar-refractivity contribution in [3.05, 3.63) is 66.5 Å². The highest BCUT2D eigenvalue weighted by Gasteiger charge is 2.39. The fourth-order valence-electron chi connectivity index (χ4n) is 4.94. The van der Waals surface area contributed by atoms with Gasteiger partial charge in [-0.3, -0.25) is 9.78 Å². The molecule has 0 bridgehead atoms. The molecular weight excluding hydrogens is 504 g/mol. The van der Waals surface area contributed by atoms with E-state index in [1.165, 1.54) is 0 Å². The van der Waals surface area contributed by atoms with Gasteiger partial charge in [0, 0.05) is 50.9 Å². The van der Waals surface area contributed by atoms with Gasteiger partial charge >= 0.3 is 0 Å². The maximum absolute atomic E-state index is 12.9. The molecule has 1 fully saturated rings. The molecule has 2 aliphatic rings. The smallest absolute Gasteiger partial charge is 0.249 e. The molecule has 200 valence electrons. The Labute approximate surface area is 223 Å². The largest absolute Gasteiger partial charge is 0.381 e. The van der Waals surface area contributed by atoms with Crippen LogP contribution in [-0.2, 0) is 26.0 Å². The van der Waals surface area contributed by atoms with E-state index in [-0.39, 0.29) is 29.4 Å². The second-order valence-corrected chi connectivity index (χ2v) is 11.3. The van der Waals surface area contributed by atoms with Crippen molar-refractivity contribution in [1.82, 2.24) is 14.7 Å². The van der Waals surface area contributed by atoms with Crippen LogP contribution in [0.25, 0.3) is 0 Å². The van der Waals surface area contributed by atoms with Crippen LogP contribution in [0.15, 0.2) is 65.8 Å². The number of aromatic nitrogens is 2. The molecule has 0 radical (unpaired) electrons. The van der Waals surface area contributed by atoms with E-state index in [1.807, 2.05) is 31.2 Å². The predicted octanol–water partition coefficient (Wildman–Crippen LogP) is 3.09. The Morgan fingerprint density at radius 3 is 2.55 bits per heavy atom. The SMILES string of the molecule is C[C@@H]1C(=O)N(C)c2ccc(Nc3ccc(S(=O)(=O)NCCc4cccnc4)cc3)nc2N1C1CCOCC1. The Balaban J connectivity index is 1.30. The van der Waals surface area contributed by atoms with Crippen LogP contribution in [0, 0.1) is 0 Å². The number of hydrogen-bond acceptors (Lipinski definition) is 8. The molecule has 1 amide bonds. The molecule has 0 aliphatic carbocycles. The summed E-state index contributed by atoms with van der Waals surface area (Å²) in [6.07, 6.45) is 5.65. The van der Waals surface area contributed by atoms with E-state index >= 15 is 0 Å². The van der Waals surface area contributed by atoms with E-state index in [2.05, 4.69) is 19.9 Å². The molecule has 2 aliphatic heterocycles. The zero-order valence-corrected chi connectivity index (χ0v) is 22.3. The Hall–Kier alpha value is -3.54. The molecule has 1 saturated heterocycles. The van der Waals surface area contributed by atoms with Crippen molar-refractivity contribution in [2.75, 3.05) is 41.9 Å². The van der Waals surface area contributed by atoms with E-state index < -0.39 is 10.0 Å². The lowest BCUT2D eigenvalue weighted by molar-refractivity contribution is -0.119. The van der Waals surface area contributed by atoms with Gasteiger partial charge in [0.1, 0.15) is 11.9 Å². The number of sulfonamides is 1. The number of nitrogens with zero attached hydrogens (tertiary/aromatic N) is 4. The minimum absolute atomic E-state index is 0.0392. The quantitative estimate of drug-likeness (QED) is 0.451. The molecule has 10 nitrogen and oxygen atoms in total. The molecule has 3 aromatic rings. The zero-order valence-electron chi connectivity index (χ0n) is 21.5. The van der Waals surface area contributed by atoms with Crippen molar-refractivity contribution >= 4 is 38.9 Å². The zero-order chi connectivity index (χ0) is 26.7. The summed E-state index contributed by atoms with van der Waals surface area (Å²) in [6.45, 7) is 3.53. The summed E-state index contributed by atoms with van der Waals surface area (Å²) in [4.78, 5) is 25.8. The second-order valence-electron chi connectivity index (χ2n) is 9.52. The minimum Gasteiger partial charge on any atom is -0.381 e. The summed E-state index contributed by atoms with van der Waals surface area (Å²) in [5.41, 5.74) is 2.44. The van der Waals surface area contributed by atoms with Gasteiger partial charge in [0.15, 0.2) is 5.82 Å². The number of benzene rings is 1. The molecule has 0 spiro atoms. The van der Waals surface area contributed by atoms with Crippen molar-refractivity contribution < 1.29 is 17.9 Å². The van der Waals surface area contributed by atoms with Crippen molar-refractivity contribution in [1.29, 1.82) is 0 Å². The van der Waals surface area contributed by atoms with Gasteiger partial charge in [-0.25, -0.2) is 18.1 Å². The molecule has 38 heavy (non-hydrogen) atoms. The number of nitrogens with one attached hydrogen (secondary N) is 2. The van der Waals surface area contributed by atoms with Gasteiger partial charge < -0.3 is 19.9 Å². The van der Waals surface area contributed by atoms with Gasteiger partial charge in [-0.2, -0.15) is 0 Å². The number of ether oxygens (including phenoxy) is 1. The summed E-state index contributed by atoms with van der Waals surface area (Å²) >= 11 is 0. The minimum atomic E-state index is -3.64. The first-order valence-electron chi connectivity index (χ1n) is 12.7. The molecule has 4 heterocycles. The maximum atomic E-state index is 12.9. The van der Waals surface area contributed by atoms with Crippen molar-refractivity contribution in [3.63, 3.8) is 0 Å². The van der Waals surface area contributed by atoms with Crippen LogP contribution in [0.3, 0.4) is 0 Å². The van der Waals surface area contributed by atoms with E-state index in [1.54, 1.807) is 48.6 Å². The molecule has 2 aromatic heterocycles. The average molecular weight is 537 g/mol. The lowest BCUT2D eigenvalue weighted by Gasteiger charge is -2.44. The normalized spacial score (nSPS) is 18.4. The van der Waals surface area contributed by atoms with Gasteiger partial charge in [0.25, 0.3) is 0 Å². The van der Waals surface area contributed by atoms with Crippen molar-refractivity contribution in [3.8, 4) is 0 Å². The van der Waals surface area contributed by atoms with Gasteiger partial charge in [-0.15, -0.1) is 0 Å². The standard InChI is InChI=1S/C27H32N6O4S/c1-19-27(34)32(2)24-9-10-25(31-26(24)33(19)22-12-16-37-17-13-22)30-21-5-7-23(8-6-21)38(35,36)29-15-11-20-4-3-14-28-18-20/h3-10,14,18-19,22,29H,11-13,15-17H2,1-2H3,(H,30,31)/t19-/m1/s1. The third-order valence-corrected chi connectivity index (χ3v) is 8.49. The first kappa shape index (κ1) is 26.1. The van der Waals surface area contributed by atoms with Gasteiger partial charge in [0.05, 0.1) is 10.6 Å². The summed E-state index contributed by atoms with van der Waals surface area (Å²) in [6, 6.07) is 13.9. The Morgan fingerprint density at radius 2 is 1.84 bits per heavy atom. The van der Waals surface area contributed by atoms with E-state index in [4.69, 9.17) is 9.72 Å². The van der Waals surface area contributed by atoms with E-state index in [9.17, 15) is 13.2 Å². The van der Waals surface area contributed by atoms with Gasteiger partial charge in [0.2, 0.25) is 15.9 Å². The van der Waals surface area contributed by atoms with Crippen molar-refractivity contribution in [2.45, 2.75) is 43.2 Å². The number of pyridine rings is 2. The number of carbonyl (C=O) groups excluding carboxylic acids is 1. The monoisotopic (exact) mass is 536 g/mol. The Kier molecular flexibility index (Phi) is 7.59. The fourth-order valence-corrected chi connectivity index (χ4v) is 5.97. The number of amides is 1. The van der Waals surface area contributed by atoms with Crippen LogP contribution in [-0.4, -0.2) is 63.2 Å². The molecule has 0 unspecified atom stereocenters. The Morgan fingerprint density at radius 1 is 1.08 bits per heavy atom. The maximum Gasteiger partial charge on any atom is 0.249 e. The molecule has 2 N–H and O–H groups in total. The van der Waals surface area contributed by atoms with Gasteiger partial charge in [-0.1, -0.05) is 6.07 Å². The molecule has 5 rings (SSSR count). The van der Waals surface area contributed by atoms with Crippen LogP contribution in [0.1, 0.15) is 25.3 Å². The van der Waals surface area contributed by atoms with Crippen LogP contribution in [0.2, 0.25) is 0 Å². The van der Waals surface area contributed by atoms with Gasteiger partial charge in [-0.05, 0) is 74.2 Å². The summed E-state index contributed by atoms with van der Waals surface area (Å²) < 4.78 is 33.6. The van der Waals surface area contributed by atoms with E-state index in [0.717, 1.165) is 29.9 Å². The highest BCUT2D eigenvalue weighted by molar-refractivity contribution is 7.89. The summed E-state index contributed by atoms with van der Waals surface area (Å²) in [7, 11) is -1.86. The fraction of sp³-hybridized carbons (Fsp3) is 0.370. The highest BCUT2D eigenvalue weighted by Crippen LogP contribution is 2.38. The van der Waals surface area contributed by atoms with Crippen LogP contribution < -0.4 is 19.8 Å². The number of hydrogen-bond donors (Lipinski definition) is 2. The molecule has 1 atom stereocenters. The third kappa shape index (κ3) is 5.50. The first-order chi connectivity index (χ1) is 18.3. The average Bonchev–Trinajstić information content (AvgIpc) is 2.93. The van der Waals surface area contributed by atoms with Crippen LogP contribution >= 0.6 is 0 Å². The molecule has 1 aromatic carbocycles. The summed E-state index contributed by atoms with van der Waals surface area (Å²) in [5.74, 6) is 1.41. The van der Waals surface area contributed by atoms with Crippen molar-refractivity contribution in [2.24, 2.45) is 0 Å². The first-order valence-corrected chi connectivity index (χ1v) is 14.2. The third-order valence-electron chi connectivity index (χ3n) is 7.02.